The quantitative estimate of drug-likeness (QED) is 0.735. The zero-order valence-electron chi connectivity index (χ0n) is 7.40. The first-order valence-corrected chi connectivity index (χ1v) is 4.34. The number of amides is 1. The summed E-state index contributed by atoms with van der Waals surface area (Å²) in [5.74, 6) is 1.30. The van der Waals surface area contributed by atoms with E-state index in [2.05, 4.69) is 22.2 Å². The molecule has 1 aromatic rings. The maximum Gasteiger partial charge on any atom is 0.228 e. The Morgan fingerprint density at radius 2 is 2.38 bits per heavy atom. The fourth-order valence-electron chi connectivity index (χ4n) is 1.27. The third kappa shape index (κ3) is 1.83. The van der Waals surface area contributed by atoms with Crippen molar-refractivity contribution in [3.63, 3.8) is 0 Å². The lowest BCUT2D eigenvalue weighted by Gasteiger charge is -2.01. The Kier molecular flexibility index (Phi) is 1.96. The summed E-state index contributed by atoms with van der Waals surface area (Å²) in [5, 5.41) is 2.72. The molecule has 1 aromatic heterocycles. The van der Waals surface area contributed by atoms with E-state index in [1.54, 1.807) is 18.6 Å². The second kappa shape index (κ2) is 3.12. The molecule has 0 spiro atoms. The Morgan fingerprint density at radius 1 is 1.62 bits per heavy atom. The minimum Gasteiger partial charge on any atom is -0.309 e. The lowest BCUT2D eigenvalue weighted by atomic mass is 10.3. The summed E-state index contributed by atoms with van der Waals surface area (Å²) in [5.41, 5.74) is 0. The van der Waals surface area contributed by atoms with Gasteiger partial charge in [-0.05, 0) is 12.3 Å². The van der Waals surface area contributed by atoms with Crippen molar-refractivity contribution < 1.29 is 4.79 Å². The summed E-state index contributed by atoms with van der Waals surface area (Å²) < 4.78 is 0. The van der Waals surface area contributed by atoms with Crippen LogP contribution in [0.2, 0.25) is 0 Å². The minimum absolute atomic E-state index is 0.0630. The molecular formula is C9H11N3O. The zero-order chi connectivity index (χ0) is 9.26. The van der Waals surface area contributed by atoms with Crippen LogP contribution in [0.3, 0.4) is 0 Å². The standard InChI is InChI=1S/C9H11N3O/c1-6-4-7(6)9(13)12-8-5-10-2-3-11-8/h2-3,5-7H,4H2,1H3,(H,11,12,13)/t6-,7-/m1/s1. The van der Waals surface area contributed by atoms with Gasteiger partial charge in [-0.1, -0.05) is 6.92 Å². The van der Waals surface area contributed by atoms with Crippen LogP contribution in [-0.2, 0) is 4.79 Å². The molecule has 0 aliphatic heterocycles. The van der Waals surface area contributed by atoms with Gasteiger partial charge in [-0.15, -0.1) is 0 Å². The van der Waals surface area contributed by atoms with Gasteiger partial charge in [0, 0.05) is 18.3 Å². The van der Waals surface area contributed by atoms with Crippen LogP contribution in [0.5, 0.6) is 0 Å². The number of carbonyl (C=O) groups excluding carboxylic acids is 1. The van der Waals surface area contributed by atoms with Crippen LogP contribution in [0, 0.1) is 11.8 Å². The topological polar surface area (TPSA) is 54.9 Å². The predicted molar refractivity (Wildman–Crippen MR) is 47.9 cm³/mol. The summed E-state index contributed by atoms with van der Waals surface area (Å²) in [6.07, 6.45) is 5.68. The molecule has 4 heteroatoms. The van der Waals surface area contributed by atoms with E-state index in [1.807, 2.05) is 0 Å². The van der Waals surface area contributed by atoms with Crippen LogP contribution in [0.4, 0.5) is 5.82 Å². The Balaban J connectivity index is 1.95. The highest BCUT2D eigenvalue weighted by molar-refractivity contribution is 5.93. The van der Waals surface area contributed by atoms with Crippen LogP contribution in [-0.4, -0.2) is 15.9 Å². The molecule has 1 aliphatic carbocycles. The van der Waals surface area contributed by atoms with Crippen molar-refractivity contribution in [1.29, 1.82) is 0 Å². The predicted octanol–water partition coefficient (Wildman–Crippen LogP) is 1.07. The van der Waals surface area contributed by atoms with Crippen molar-refractivity contribution in [2.75, 3.05) is 5.32 Å². The molecule has 4 nitrogen and oxygen atoms in total. The fourth-order valence-corrected chi connectivity index (χ4v) is 1.27. The van der Waals surface area contributed by atoms with Gasteiger partial charge < -0.3 is 5.32 Å². The van der Waals surface area contributed by atoms with Gasteiger partial charge in [0.1, 0.15) is 0 Å². The molecule has 0 bridgehead atoms. The Morgan fingerprint density at radius 3 is 2.92 bits per heavy atom. The third-order valence-corrected chi connectivity index (χ3v) is 2.26. The highest BCUT2D eigenvalue weighted by Gasteiger charge is 2.39. The molecule has 0 aromatic carbocycles. The second-order valence-electron chi connectivity index (χ2n) is 3.40. The third-order valence-electron chi connectivity index (χ3n) is 2.26. The maximum atomic E-state index is 11.4. The molecule has 1 saturated carbocycles. The summed E-state index contributed by atoms with van der Waals surface area (Å²) in [7, 11) is 0. The molecule has 1 amide bonds. The van der Waals surface area contributed by atoms with Crippen LogP contribution in [0.15, 0.2) is 18.6 Å². The number of carbonyl (C=O) groups is 1. The smallest absolute Gasteiger partial charge is 0.228 e. The molecule has 2 rings (SSSR count). The molecule has 1 aliphatic rings. The number of hydrogen-bond acceptors (Lipinski definition) is 3. The summed E-state index contributed by atoms with van der Waals surface area (Å²) >= 11 is 0. The van der Waals surface area contributed by atoms with Crippen molar-refractivity contribution >= 4 is 11.7 Å². The molecule has 1 heterocycles. The van der Waals surface area contributed by atoms with Crippen LogP contribution in [0.25, 0.3) is 0 Å². The first kappa shape index (κ1) is 8.16. The Bertz CT molecular complexity index is 312. The van der Waals surface area contributed by atoms with E-state index in [9.17, 15) is 4.79 Å². The van der Waals surface area contributed by atoms with Crippen molar-refractivity contribution in [2.24, 2.45) is 11.8 Å². The van der Waals surface area contributed by atoms with Gasteiger partial charge in [-0.2, -0.15) is 0 Å². The van der Waals surface area contributed by atoms with Gasteiger partial charge in [0.05, 0.1) is 6.20 Å². The average molecular weight is 177 g/mol. The molecule has 0 radical (unpaired) electrons. The highest BCUT2D eigenvalue weighted by Crippen LogP contribution is 2.38. The largest absolute Gasteiger partial charge is 0.309 e. The van der Waals surface area contributed by atoms with Crippen molar-refractivity contribution in [3.05, 3.63) is 18.6 Å². The minimum atomic E-state index is 0.0630. The van der Waals surface area contributed by atoms with Gasteiger partial charge in [-0.3, -0.25) is 9.78 Å². The van der Waals surface area contributed by atoms with Gasteiger partial charge in [-0.25, -0.2) is 4.98 Å². The monoisotopic (exact) mass is 177 g/mol. The van der Waals surface area contributed by atoms with Gasteiger partial charge in [0.25, 0.3) is 0 Å². The molecule has 1 N–H and O–H groups in total. The van der Waals surface area contributed by atoms with Crippen molar-refractivity contribution in [2.45, 2.75) is 13.3 Å². The number of rotatable bonds is 2. The molecule has 2 atom stereocenters. The van der Waals surface area contributed by atoms with E-state index in [-0.39, 0.29) is 11.8 Å². The number of nitrogens with one attached hydrogen (secondary N) is 1. The van der Waals surface area contributed by atoms with E-state index in [1.165, 1.54) is 0 Å². The summed E-state index contributed by atoms with van der Waals surface area (Å²) in [4.78, 5) is 19.2. The SMILES string of the molecule is C[C@@H]1C[C@H]1C(=O)Nc1cnccn1. The maximum absolute atomic E-state index is 11.4. The van der Waals surface area contributed by atoms with E-state index < -0.39 is 0 Å². The van der Waals surface area contributed by atoms with E-state index >= 15 is 0 Å². The molecule has 0 unspecified atom stereocenters. The van der Waals surface area contributed by atoms with Crippen molar-refractivity contribution in [1.82, 2.24) is 9.97 Å². The molecular weight excluding hydrogens is 166 g/mol. The number of nitrogens with zero attached hydrogens (tertiary/aromatic N) is 2. The van der Waals surface area contributed by atoms with E-state index in [0.717, 1.165) is 6.42 Å². The lowest BCUT2D eigenvalue weighted by molar-refractivity contribution is -0.117. The lowest BCUT2D eigenvalue weighted by Crippen LogP contribution is -2.15. The molecule has 68 valence electrons. The van der Waals surface area contributed by atoms with Gasteiger partial charge in [0.2, 0.25) is 5.91 Å². The average Bonchev–Trinajstić information content (AvgIpc) is 2.84. The molecule has 0 saturated heterocycles. The van der Waals surface area contributed by atoms with Crippen LogP contribution in [0.1, 0.15) is 13.3 Å². The second-order valence-corrected chi connectivity index (χ2v) is 3.40. The number of aromatic nitrogens is 2. The van der Waals surface area contributed by atoms with Crippen molar-refractivity contribution in [3.8, 4) is 0 Å². The first-order valence-electron chi connectivity index (χ1n) is 4.34. The van der Waals surface area contributed by atoms with Gasteiger partial charge in [0.15, 0.2) is 5.82 Å². The number of anilines is 1. The van der Waals surface area contributed by atoms with Crippen LogP contribution < -0.4 is 5.32 Å². The Hall–Kier alpha value is -1.45. The summed E-state index contributed by atoms with van der Waals surface area (Å²) in [6.45, 7) is 2.07. The van der Waals surface area contributed by atoms with Crippen LogP contribution >= 0.6 is 0 Å². The van der Waals surface area contributed by atoms with E-state index in [0.29, 0.717) is 11.7 Å². The highest BCUT2D eigenvalue weighted by atomic mass is 16.2. The Labute approximate surface area is 76.4 Å². The molecule has 13 heavy (non-hydrogen) atoms. The van der Waals surface area contributed by atoms with E-state index in [4.69, 9.17) is 0 Å². The fraction of sp³-hybridized carbons (Fsp3) is 0.444. The normalized spacial score (nSPS) is 25.3. The number of hydrogen-bond donors (Lipinski definition) is 1. The first-order chi connectivity index (χ1) is 6.27. The van der Waals surface area contributed by atoms with Gasteiger partial charge >= 0.3 is 0 Å². The molecule has 1 fully saturated rings. The zero-order valence-corrected chi connectivity index (χ0v) is 7.40. The summed E-state index contributed by atoms with van der Waals surface area (Å²) in [6, 6.07) is 0.